The SMILES string of the molecule is O=C1c2ccccc2C(=O)N1CC(=O)N1c2ccccc2N(Cc2ccc3ccccc3c2)C(=O)C2CCCC21. The highest BCUT2D eigenvalue weighted by Crippen LogP contribution is 2.43. The third-order valence-electron chi connectivity index (χ3n) is 8.42. The molecule has 1 fully saturated rings. The summed E-state index contributed by atoms with van der Waals surface area (Å²) in [5, 5.41) is 2.24. The zero-order valence-electron chi connectivity index (χ0n) is 21.8. The molecule has 1 saturated carbocycles. The topological polar surface area (TPSA) is 78.0 Å². The van der Waals surface area contributed by atoms with Crippen molar-refractivity contribution >= 4 is 45.8 Å². The predicted octanol–water partition coefficient (Wildman–Crippen LogP) is 5.18. The minimum atomic E-state index is -0.464. The number of anilines is 2. The van der Waals surface area contributed by atoms with Crippen LogP contribution in [0.15, 0.2) is 91.0 Å². The van der Waals surface area contributed by atoms with E-state index in [1.807, 2.05) is 42.5 Å². The van der Waals surface area contributed by atoms with Crippen molar-refractivity contribution in [2.24, 2.45) is 5.92 Å². The maximum Gasteiger partial charge on any atom is 0.262 e. The summed E-state index contributed by atoms with van der Waals surface area (Å²) in [7, 11) is 0. The first-order valence-corrected chi connectivity index (χ1v) is 13.7. The van der Waals surface area contributed by atoms with Crippen LogP contribution in [0.1, 0.15) is 45.5 Å². The van der Waals surface area contributed by atoms with Gasteiger partial charge in [-0.1, -0.05) is 67.1 Å². The summed E-state index contributed by atoms with van der Waals surface area (Å²) in [6.07, 6.45) is 2.19. The molecule has 1 aliphatic carbocycles. The average Bonchev–Trinajstić information content (AvgIpc) is 3.53. The molecule has 2 heterocycles. The molecule has 4 aromatic rings. The van der Waals surface area contributed by atoms with Gasteiger partial charge in [-0.2, -0.15) is 0 Å². The molecule has 198 valence electrons. The Morgan fingerprint density at radius 1 is 0.700 bits per heavy atom. The molecular weight excluding hydrogens is 502 g/mol. The van der Waals surface area contributed by atoms with E-state index in [0.29, 0.717) is 41.9 Å². The molecule has 0 bridgehead atoms. The number of para-hydroxylation sites is 2. The lowest BCUT2D eigenvalue weighted by Crippen LogP contribution is -2.49. The zero-order chi connectivity index (χ0) is 27.4. The first kappa shape index (κ1) is 24.3. The van der Waals surface area contributed by atoms with Crippen molar-refractivity contribution in [3.05, 3.63) is 108 Å². The third kappa shape index (κ3) is 3.80. The van der Waals surface area contributed by atoms with Gasteiger partial charge in [-0.05, 0) is 59.5 Å². The van der Waals surface area contributed by atoms with Gasteiger partial charge in [-0.25, -0.2) is 0 Å². The average molecular weight is 530 g/mol. The van der Waals surface area contributed by atoms with Crippen LogP contribution in [-0.2, 0) is 16.1 Å². The van der Waals surface area contributed by atoms with Crippen molar-refractivity contribution < 1.29 is 19.2 Å². The van der Waals surface area contributed by atoms with Crippen LogP contribution in [-0.4, -0.2) is 41.1 Å². The summed E-state index contributed by atoms with van der Waals surface area (Å²) < 4.78 is 0. The molecule has 40 heavy (non-hydrogen) atoms. The van der Waals surface area contributed by atoms with Gasteiger partial charge < -0.3 is 9.80 Å². The summed E-state index contributed by atoms with van der Waals surface area (Å²) in [5.41, 5.74) is 2.92. The molecule has 0 aromatic heterocycles. The quantitative estimate of drug-likeness (QED) is 0.341. The number of rotatable bonds is 4. The van der Waals surface area contributed by atoms with Gasteiger partial charge in [0.05, 0.1) is 35.0 Å². The zero-order valence-corrected chi connectivity index (χ0v) is 21.8. The van der Waals surface area contributed by atoms with E-state index in [0.717, 1.165) is 27.7 Å². The Morgan fingerprint density at radius 2 is 1.35 bits per heavy atom. The van der Waals surface area contributed by atoms with Crippen molar-refractivity contribution in [1.29, 1.82) is 0 Å². The van der Waals surface area contributed by atoms with E-state index in [9.17, 15) is 19.2 Å². The Balaban J connectivity index is 1.25. The number of nitrogens with zero attached hydrogens (tertiary/aromatic N) is 3. The largest absolute Gasteiger partial charge is 0.306 e. The number of hydrogen-bond donors (Lipinski definition) is 0. The Morgan fingerprint density at radius 3 is 2.10 bits per heavy atom. The van der Waals surface area contributed by atoms with Gasteiger partial charge in [-0.15, -0.1) is 0 Å². The summed E-state index contributed by atoms with van der Waals surface area (Å²) in [6.45, 7) is 0.00705. The van der Waals surface area contributed by atoms with Crippen molar-refractivity contribution in [2.45, 2.75) is 31.8 Å². The van der Waals surface area contributed by atoms with Crippen LogP contribution in [0, 0.1) is 5.92 Å². The highest BCUT2D eigenvalue weighted by Gasteiger charge is 2.46. The monoisotopic (exact) mass is 529 g/mol. The minimum absolute atomic E-state index is 0.000797. The van der Waals surface area contributed by atoms with Crippen LogP contribution in [0.25, 0.3) is 10.8 Å². The van der Waals surface area contributed by atoms with Crippen molar-refractivity contribution in [3.63, 3.8) is 0 Å². The number of benzene rings is 4. The summed E-state index contributed by atoms with van der Waals surface area (Å²) >= 11 is 0. The molecule has 0 spiro atoms. The molecule has 0 saturated heterocycles. The van der Waals surface area contributed by atoms with Gasteiger partial charge in [0.2, 0.25) is 11.8 Å². The second-order valence-electron chi connectivity index (χ2n) is 10.7. The number of carbonyl (C=O) groups is 4. The van der Waals surface area contributed by atoms with E-state index in [1.165, 1.54) is 0 Å². The highest BCUT2D eigenvalue weighted by molar-refractivity contribution is 6.23. The van der Waals surface area contributed by atoms with Crippen molar-refractivity contribution in [3.8, 4) is 0 Å². The molecule has 2 atom stereocenters. The van der Waals surface area contributed by atoms with Gasteiger partial charge >= 0.3 is 0 Å². The van der Waals surface area contributed by atoms with E-state index >= 15 is 0 Å². The van der Waals surface area contributed by atoms with Crippen LogP contribution >= 0.6 is 0 Å². The van der Waals surface area contributed by atoms with Crippen molar-refractivity contribution in [1.82, 2.24) is 4.90 Å². The lowest BCUT2D eigenvalue weighted by atomic mass is 10.00. The maximum absolute atomic E-state index is 14.1. The fourth-order valence-electron chi connectivity index (χ4n) is 6.53. The lowest BCUT2D eigenvalue weighted by Gasteiger charge is -2.31. The third-order valence-corrected chi connectivity index (χ3v) is 8.42. The lowest BCUT2D eigenvalue weighted by molar-refractivity contribution is -0.123. The molecule has 7 nitrogen and oxygen atoms in total. The van der Waals surface area contributed by atoms with E-state index < -0.39 is 11.8 Å². The second kappa shape index (κ2) is 9.45. The predicted molar refractivity (Wildman–Crippen MR) is 152 cm³/mol. The molecule has 7 rings (SSSR count). The highest BCUT2D eigenvalue weighted by atomic mass is 16.2. The maximum atomic E-state index is 14.1. The second-order valence-corrected chi connectivity index (χ2v) is 10.7. The van der Waals surface area contributed by atoms with E-state index in [2.05, 4.69) is 24.3 Å². The molecule has 2 aliphatic heterocycles. The van der Waals surface area contributed by atoms with Gasteiger partial charge in [0.25, 0.3) is 11.8 Å². The number of fused-ring (bicyclic) bond motifs is 4. The summed E-state index contributed by atoms with van der Waals surface area (Å²) in [4.78, 5) is 58.7. The van der Waals surface area contributed by atoms with Crippen LogP contribution in [0.5, 0.6) is 0 Å². The normalized spacial score (nSPS) is 20.0. The van der Waals surface area contributed by atoms with Crippen LogP contribution < -0.4 is 9.80 Å². The number of imide groups is 1. The molecule has 4 amide bonds. The first-order valence-electron chi connectivity index (χ1n) is 13.7. The molecule has 2 unspecified atom stereocenters. The van der Waals surface area contributed by atoms with Crippen molar-refractivity contribution in [2.75, 3.05) is 16.3 Å². The standard InChI is InChI=1S/C33H27N3O4/c37-30(20-35-31(38)24-10-3-4-11-25(24)32(35)39)36-27-15-7-12-26(27)33(40)34(28-13-5-6-14-29(28)36)19-21-16-17-22-8-1-2-9-23(22)18-21/h1-6,8-11,13-14,16-18,26-27H,7,12,15,19-20H2. The molecule has 7 heteroatoms. The van der Waals surface area contributed by atoms with E-state index in [4.69, 9.17) is 0 Å². The fourth-order valence-corrected chi connectivity index (χ4v) is 6.53. The van der Waals surface area contributed by atoms with Gasteiger partial charge in [0.15, 0.2) is 0 Å². The van der Waals surface area contributed by atoms with Gasteiger partial charge in [-0.3, -0.25) is 24.1 Å². The fraction of sp³-hybridized carbons (Fsp3) is 0.212. The molecule has 0 N–H and O–H groups in total. The molecular formula is C33H27N3O4. The molecule has 3 aliphatic rings. The summed E-state index contributed by atoms with van der Waals surface area (Å²) in [6, 6.07) is 28.1. The van der Waals surface area contributed by atoms with Gasteiger partial charge in [0.1, 0.15) is 6.54 Å². The number of carbonyl (C=O) groups excluding carboxylic acids is 4. The van der Waals surface area contributed by atoms with Crippen LogP contribution in [0.4, 0.5) is 11.4 Å². The van der Waals surface area contributed by atoms with E-state index in [1.54, 1.807) is 34.1 Å². The van der Waals surface area contributed by atoms with Crippen LogP contribution in [0.3, 0.4) is 0 Å². The van der Waals surface area contributed by atoms with Crippen LogP contribution in [0.2, 0.25) is 0 Å². The summed E-state index contributed by atoms with van der Waals surface area (Å²) in [5.74, 6) is -1.65. The Kier molecular flexibility index (Phi) is 5.73. The smallest absolute Gasteiger partial charge is 0.262 e. The Bertz CT molecular complexity index is 1680. The molecule has 0 radical (unpaired) electrons. The minimum Gasteiger partial charge on any atom is -0.306 e. The number of hydrogen-bond acceptors (Lipinski definition) is 4. The molecule has 4 aromatic carbocycles. The first-order chi connectivity index (χ1) is 19.5. The Labute approximate surface area is 231 Å². The van der Waals surface area contributed by atoms with Gasteiger partial charge in [0, 0.05) is 6.04 Å². The Hall–Kier alpha value is -4.78. The number of amides is 4. The van der Waals surface area contributed by atoms with E-state index in [-0.39, 0.29) is 30.3 Å².